The highest BCUT2D eigenvalue weighted by atomic mass is 35.5. The third kappa shape index (κ3) is 3.68. The zero-order chi connectivity index (χ0) is 12.1. The van der Waals surface area contributed by atoms with Crippen LogP contribution in [0.5, 0.6) is 0 Å². The van der Waals surface area contributed by atoms with Gasteiger partial charge in [-0.1, -0.05) is 29.8 Å². The summed E-state index contributed by atoms with van der Waals surface area (Å²) in [6.45, 7) is 4.13. The second-order valence-corrected chi connectivity index (χ2v) is 4.66. The van der Waals surface area contributed by atoms with E-state index < -0.39 is 0 Å². The van der Waals surface area contributed by atoms with Gasteiger partial charge in [-0.05, 0) is 25.0 Å². The molecule has 17 heavy (non-hydrogen) atoms. The van der Waals surface area contributed by atoms with Crippen molar-refractivity contribution in [3.8, 4) is 0 Å². The predicted molar refractivity (Wildman–Crippen MR) is 68.2 cm³/mol. The maximum atomic E-state index is 6.15. The van der Waals surface area contributed by atoms with Crippen LogP contribution in [0.3, 0.4) is 0 Å². The van der Waals surface area contributed by atoms with Crippen molar-refractivity contribution in [2.75, 3.05) is 19.9 Å². The molecule has 0 saturated carbocycles. The number of halogens is 1. The summed E-state index contributed by atoms with van der Waals surface area (Å²) in [6, 6.07) is 8.14. The van der Waals surface area contributed by atoms with Crippen LogP contribution in [0.25, 0.3) is 0 Å². The van der Waals surface area contributed by atoms with E-state index in [0.717, 1.165) is 30.2 Å². The van der Waals surface area contributed by atoms with Crippen molar-refractivity contribution >= 4 is 11.6 Å². The van der Waals surface area contributed by atoms with Crippen LogP contribution in [-0.4, -0.2) is 26.0 Å². The molecule has 1 aliphatic rings. The molecular formula is C13H18ClNO2. The highest BCUT2D eigenvalue weighted by Crippen LogP contribution is 2.22. The van der Waals surface area contributed by atoms with Crippen molar-refractivity contribution in [3.63, 3.8) is 0 Å². The van der Waals surface area contributed by atoms with E-state index in [9.17, 15) is 0 Å². The normalized spacial score (nSPS) is 22.4. The fourth-order valence-corrected chi connectivity index (χ4v) is 2.21. The van der Waals surface area contributed by atoms with Crippen molar-refractivity contribution in [3.05, 3.63) is 34.9 Å². The van der Waals surface area contributed by atoms with Crippen LogP contribution in [-0.2, 0) is 9.47 Å². The first-order chi connectivity index (χ1) is 8.27. The molecule has 0 spiro atoms. The van der Waals surface area contributed by atoms with Crippen LogP contribution in [0.2, 0.25) is 5.02 Å². The molecule has 4 heteroatoms. The van der Waals surface area contributed by atoms with Gasteiger partial charge < -0.3 is 14.8 Å². The minimum absolute atomic E-state index is 0.232. The molecule has 1 unspecified atom stereocenters. The molecule has 1 aromatic rings. The van der Waals surface area contributed by atoms with E-state index in [4.69, 9.17) is 21.1 Å². The quantitative estimate of drug-likeness (QED) is 0.898. The third-order valence-corrected chi connectivity index (χ3v) is 3.34. The maximum Gasteiger partial charge on any atom is 0.147 e. The molecule has 2 atom stereocenters. The Bertz CT molecular complexity index is 353. The van der Waals surface area contributed by atoms with Gasteiger partial charge in [-0.2, -0.15) is 0 Å². The van der Waals surface area contributed by atoms with Gasteiger partial charge in [0.15, 0.2) is 0 Å². The van der Waals surface area contributed by atoms with Gasteiger partial charge in [0.25, 0.3) is 0 Å². The molecule has 1 heterocycles. The first-order valence-corrected chi connectivity index (χ1v) is 6.32. The van der Waals surface area contributed by atoms with Crippen molar-refractivity contribution in [2.24, 2.45) is 0 Å². The minimum Gasteiger partial charge on any atom is -0.355 e. The summed E-state index contributed by atoms with van der Waals surface area (Å²) >= 11 is 6.15. The maximum absolute atomic E-state index is 6.15. The highest BCUT2D eigenvalue weighted by Gasteiger charge is 2.16. The van der Waals surface area contributed by atoms with E-state index in [2.05, 4.69) is 12.2 Å². The summed E-state index contributed by atoms with van der Waals surface area (Å²) < 4.78 is 10.6. The van der Waals surface area contributed by atoms with Crippen molar-refractivity contribution in [1.82, 2.24) is 5.32 Å². The van der Waals surface area contributed by atoms with E-state index in [-0.39, 0.29) is 12.1 Å². The molecule has 1 fully saturated rings. The number of ether oxygens (including phenoxy) is 2. The standard InChI is InChI=1S/C13H18ClNO2/c1-10(12-4-2-3-5-13(12)14)15-8-11-6-7-16-9-17-11/h2-5,10-11,15H,6-9H2,1H3/t10-,11?/m0/s1. The van der Waals surface area contributed by atoms with Crippen molar-refractivity contribution in [1.29, 1.82) is 0 Å². The van der Waals surface area contributed by atoms with Crippen molar-refractivity contribution in [2.45, 2.75) is 25.5 Å². The van der Waals surface area contributed by atoms with E-state index in [0.29, 0.717) is 6.79 Å². The molecule has 1 aromatic carbocycles. The first-order valence-electron chi connectivity index (χ1n) is 5.94. The average molecular weight is 256 g/mol. The monoisotopic (exact) mass is 255 g/mol. The Morgan fingerprint density at radius 1 is 1.47 bits per heavy atom. The number of rotatable bonds is 4. The van der Waals surface area contributed by atoms with Crippen LogP contribution >= 0.6 is 11.6 Å². The fraction of sp³-hybridized carbons (Fsp3) is 0.538. The smallest absolute Gasteiger partial charge is 0.147 e. The largest absolute Gasteiger partial charge is 0.355 e. The molecule has 1 aliphatic heterocycles. The molecule has 0 aliphatic carbocycles. The molecular weight excluding hydrogens is 238 g/mol. The molecule has 2 rings (SSSR count). The second kappa shape index (κ2) is 6.36. The van der Waals surface area contributed by atoms with Crippen LogP contribution in [0.15, 0.2) is 24.3 Å². The molecule has 94 valence electrons. The van der Waals surface area contributed by atoms with E-state index in [1.54, 1.807) is 0 Å². The first kappa shape index (κ1) is 12.8. The molecule has 0 aromatic heterocycles. The Labute approximate surface area is 107 Å². The zero-order valence-electron chi connectivity index (χ0n) is 9.99. The number of benzene rings is 1. The number of hydrogen-bond acceptors (Lipinski definition) is 3. The lowest BCUT2D eigenvalue weighted by atomic mass is 10.1. The van der Waals surface area contributed by atoms with Gasteiger partial charge in [-0.15, -0.1) is 0 Å². The van der Waals surface area contributed by atoms with E-state index >= 15 is 0 Å². The summed E-state index contributed by atoms with van der Waals surface area (Å²) in [5.74, 6) is 0. The van der Waals surface area contributed by atoms with Gasteiger partial charge in [0.2, 0.25) is 0 Å². The average Bonchev–Trinajstić information content (AvgIpc) is 2.38. The van der Waals surface area contributed by atoms with Crippen LogP contribution in [0.1, 0.15) is 24.9 Å². The van der Waals surface area contributed by atoms with Gasteiger partial charge in [0, 0.05) is 17.6 Å². The SMILES string of the molecule is C[C@H](NCC1CCOCO1)c1ccccc1Cl. The van der Waals surface area contributed by atoms with Gasteiger partial charge in [-0.25, -0.2) is 0 Å². The fourth-order valence-electron chi connectivity index (χ4n) is 1.91. The highest BCUT2D eigenvalue weighted by molar-refractivity contribution is 6.31. The molecule has 0 radical (unpaired) electrons. The lowest BCUT2D eigenvalue weighted by Crippen LogP contribution is -2.35. The van der Waals surface area contributed by atoms with Gasteiger partial charge in [-0.3, -0.25) is 0 Å². The number of nitrogens with one attached hydrogen (secondary N) is 1. The summed E-state index contributed by atoms with van der Waals surface area (Å²) in [7, 11) is 0. The Balaban J connectivity index is 1.84. The van der Waals surface area contributed by atoms with Gasteiger partial charge in [0.05, 0.1) is 12.7 Å². The summed E-state index contributed by atoms with van der Waals surface area (Å²) in [6.07, 6.45) is 1.19. The van der Waals surface area contributed by atoms with Crippen LogP contribution < -0.4 is 5.32 Å². The van der Waals surface area contributed by atoms with E-state index in [1.807, 2.05) is 24.3 Å². The lowest BCUT2D eigenvalue weighted by Gasteiger charge is -2.25. The van der Waals surface area contributed by atoms with E-state index in [1.165, 1.54) is 0 Å². The van der Waals surface area contributed by atoms with Gasteiger partial charge in [0.1, 0.15) is 6.79 Å². The van der Waals surface area contributed by atoms with Crippen LogP contribution in [0.4, 0.5) is 0 Å². The molecule has 3 nitrogen and oxygen atoms in total. The summed E-state index contributed by atoms with van der Waals surface area (Å²) in [5, 5.41) is 4.25. The molecule has 1 N–H and O–H groups in total. The van der Waals surface area contributed by atoms with Crippen molar-refractivity contribution < 1.29 is 9.47 Å². The predicted octanol–water partition coefficient (Wildman–Crippen LogP) is 2.75. The molecule has 0 amide bonds. The third-order valence-electron chi connectivity index (χ3n) is 2.99. The summed E-state index contributed by atoms with van der Waals surface area (Å²) in [5.41, 5.74) is 1.13. The second-order valence-electron chi connectivity index (χ2n) is 4.25. The minimum atomic E-state index is 0.232. The molecule has 0 bridgehead atoms. The summed E-state index contributed by atoms with van der Waals surface area (Å²) in [4.78, 5) is 0. The number of hydrogen-bond donors (Lipinski definition) is 1. The Kier molecular flexibility index (Phi) is 4.80. The Morgan fingerprint density at radius 2 is 2.29 bits per heavy atom. The topological polar surface area (TPSA) is 30.5 Å². The Hall–Kier alpha value is -0.610. The lowest BCUT2D eigenvalue weighted by molar-refractivity contribution is -0.137. The molecule has 1 saturated heterocycles. The van der Waals surface area contributed by atoms with Gasteiger partial charge >= 0.3 is 0 Å². The Morgan fingerprint density at radius 3 is 3.00 bits per heavy atom. The zero-order valence-corrected chi connectivity index (χ0v) is 10.7. The van der Waals surface area contributed by atoms with Crippen LogP contribution in [0, 0.1) is 0 Å².